The average Bonchev–Trinajstić information content (AvgIpc) is 2.54. The van der Waals surface area contributed by atoms with Crippen molar-refractivity contribution in [1.82, 2.24) is 9.88 Å². The molecular formula is C11H13F3N2O. The van der Waals surface area contributed by atoms with Crippen LogP contribution in [0.3, 0.4) is 0 Å². The van der Waals surface area contributed by atoms with E-state index in [1.807, 2.05) is 0 Å². The van der Waals surface area contributed by atoms with Crippen LogP contribution in [0.2, 0.25) is 0 Å². The Morgan fingerprint density at radius 1 is 1.47 bits per heavy atom. The summed E-state index contributed by atoms with van der Waals surface area (Å²) >= 11 is 0. The Labute approximate surface area is 96.9 Å². The van der Waals surface area contributed by atoms with Crippen LogP contribution in [-0.2, 0) is 0 Å². The molecule has 0 spiro atoms. The van der Waals surface area contributed by atoms with Gasteiger partial charge in [-0.2, -0.15) is 13.2 Å². The van der Waals surface area contributed by atoms with Crippen LogP contribution >= 0.6 is 0 Å². The third kappa shape index (κ3) is 2.28. The molecule has 0 aromatic carbocycles. The number of alkyl halides is 3. The number of pyridine rings is 1. The summed E-state index contributed by atoms with van der Waals surface area (Å²) in [7, 11) is 1.58. The number of nitrogens with zero attached hydrogens (tertiary/aromatic N) is 2. The van der Waals surface area contributed by atoms with Crippen LogP contribution in [0.25, 0.3) is 0 Å². The third-order valence-corrected chi connectivity index (χ3v) is 3.11. The van der Waals surface area contributed by atoms with Crippen molar-refractivity contribution in [1.29, 1.82) is 0 Å². The second-order valence-corrected chi connectivity index (χ2v) is 4.31. The van der Waals surface area contributed by atoms with Crippen molar-refractivity contribution in [3.63, 3.8) is 0 Å². The van der Waals surface area contributed by atoms with E-state index in [1.54, 1.807) is 19.2 Å². The van der Waals surface area contributed by atoms with Gasteiger partial charge in [0.1, 0.15) is 5.92 Å². The Kier molecular flexibility index (Phi) is 3.09. The smallest absolute Gasteiger partial charge is 0.391 e. The van der Waals surface area contributed by atoms with Crippen LogP contribution in [-0.4, -0.2) is 40.9 Å². The molecule has 3 atom stereocenters. The topological polar surface area (TPSA) is 36.4 Å². The highest BCUT2D eigenvalue weighted by molar-refractivity contribution is 5.18. The summed E-state index contributed by atoms with van der Waals surface area (Å²) in [5.74, 6) is -1.75. The first-order valence-corrected chi connectivity index (χ1v) is 5.26. The molecule has 1 fully saturated rings. The average molecular weight is 246 g/mol. The highest BCUT2D eigenvalue weighted by atomic mass is 19.4. The van der Waals surface area contributed by atoms with Crippen LogP contribution in [0.15, 0.2) is 24.5 Å². The van der Waals surface area contributed by atoms with Gasteiger partial charge in [0.2, 0.25) is 0 Å². The first kappa shape index (κ1) is 12.3. The van der Waals surface area contributed by atoms with E-state index in [0.29, 0.717) is 5.56 Å². The lowest BCUT2D eigenvalue weighted by Crippen LogP contribution is -2.35. The number of hydrogen-bond donors (Lipinski definition) is 1. The quantitative estimate of drug-likeness (QED) is 0.817. The summed E-state index contributed by atoms with van der Waals surface area (Å²) in [5, 5.41) is 9.54. The summed E-state index contributed by atoms with van der Waals surface area (Å²) in [6.45, 7) is 0.0176. The number of aliphatic hydroxyl groups excluding tert-OH is 1. The summed E-state index contributed by atoms with van der Waals surface area (Å²) in [5.41, 5.74) is 0.480. The molecule has 2 rings (SSSR count). The van der Waals surface area contributed by atoms with Crippen LogP contribution in [0.4, 0.5) is 13.2 Å². The SMILES string of the molecule is CN1C[C@H](O)[C@H](C(F)(F)F)[C@@H]1c1cccnc1. The second-order valence-electron chi connectivity index (χ2n) is 4.31. The van der Waals surface area contributed by atoms with E-state index in [9.17, 15) is 18.3 Å². The van der Waals surface area contributed by atoms with E-state index >= 15 is 0 Å². The molecule has 1 aromatic heterocycles. The van der Waals surface area contributed by atoms with Crippen LogP contribution in [0.5, 0.6) is 0 Å². The first-order chi connectivity index (χ1) is 7.91. The predicted molar refractivity (Wildman–Crippen MR) is 55.2 cm³/mol. The standard InChI is InChI=1S/C11H13F3N2O/c1-16-6-8(17)9(11(12,13)14)10(16)7-3-2-4-15-5-7/h2-5,8-10,17H,6H2,1H3/t8-,9-,10-/m0/s1. The monoisotopic (exact) mass is 246 g/mol. The van der Waals surface area contributed by atoms with Crippen molar-refractivity contribution in [3.8, 4) is 0 Å². The van der Waals surface area contributed by atoms with Gasteiger partial charge in [-0.15, -0.1) is 0 Å². The van der Waals surface area contributed by atoms with Gasteiger partial charge in [0.15, 0.2) is 0 Å². The molecule has 3 nitrogen and oxygen atoms in total. The first-order valence-electron chi connectivity index (χ1n) is 5.26. The summed E-state index contributed by atoms with van der Waals surface area (Å²) < 4.78 is 38.7. The number of likely N-dealkylation sites (N-methyl/N-ethyl adjacent to an activating group) is 1. The normalized spacial score (nSPS) is 30.8. The maximum Gasteiger partial charge on any atom is 0.396 e. The number of aliphatic hydroxyl groups is 1. The molecule has 1 N–H and O–H groups in total. The lowest BCUT2D eigenvalue weighted by atomic mass is 9.92. The second kappa shape index (κ2) is 4.27. The number of β-amino-alcohol motifs (C(OH)–C–C–N with tert-alkyl or cyclic N) is 1. The Bertz CT molecular complexity index is 382. The molecule has 1 aromatic rings. The van der Waals surface area contributed by atoms with Crippen molar-refractivity contribution in [2.24, 2.45) is 5.92 Å². The minimum absolute atomic E-state index is 0.0176. The zero-order valence-electron chi connectivity index (χ0n) is 9.22. The molecule has 0 saturated carbocycles. The number of halogens is 3. The minimum Gasteiger partial charge on any atom is -0.391 e. The highest BCUT2D eigenvalue weighted by Gasteiger charge is 2.54. The van der Waals surface area contributed by atoms with Gasteiger partial charge in [-0.1, -0.05) is 6.07 Å². The number of likely N-dealkylation sites (tertiary alicyclic amines) is 1. The number of hydrogen-bond acceptors (Lipinski definition) is 3. The van der Waals surface area contributed by atoms with Crippen LogP contribution in [0, 0.1) is 5.92 Å². The van der Waals surface area contributed by atoms with E-state index in [-0.39, 0.29) is 6.54 Å². The van der Waals surface area contributed by atoms with Gasteiger partial charge in [0.25, 0.3) is 0 Å². The molecule has 2 heterocycles. The fraction of sp³-hybridized carbons (Fsp3) is 0.545. The molecule has 0 aliphatic carbocycles. The van der Waals surface area contributed by atoms with Gasteiger partial charge in [0.05, 0.1) is 12.1 Å². The zero-order valence-corrected chi connectivity index (χ0v) is 9.22. The molecule has 1 aliphatic rings. The van der Waals surface area contributed by atoms with Gasteiger partial charge in [-0.25, -0.2) is 0 Å². The van der Waals surface area contributed by atoms with Gasteiger partial charge >= 0.3 is 6.18 Å². The maximum absolute atomic E-state index is 12.9. The zero-order chi connectivity index (χ0) is 12.6. The van der Waals surface area contributed by atoms with Gasteiger partial charge in [0, 0.05) is 18.9 Å². The Morgan fingerprint density at radius 2 is 2.18 bits per heavy atom. The molecule has 0 unspecified atom stereocenters. The third-order valence-electron chi connectivity index (χ3n) is 3.11. The van der Waals surface area contributed by atoms with Gasteiger partial charge in [-0.3, -0.25) is 9.88 Å². The molecule has 17 heavy (non-hydrogen) atoms. The van der Waals surface area contributed by atoms with Crippen LogP contribution < -0.4 is 0 Å². The van der Waals surface area contributed by atoms with Crippen LogP contribution in [0.1, 0.15) is 11.6 Å². The largest absolute Gasteiger partial charge is 0.396 e. The summed E-state index contributed by atoms with van der Waals surface area (Å²) in [4.78, 5) is 5.34. The Balaban J connectivity index is 2.36. The fourth-order valence-corrected chi connectivity index (χ4v) is 2.42. The Morgan fingerprint density at radius 3 is 2.71 bits per heavy atom. The van der Waals surface area contributed by atoms with E-state index < -0.39 is 24.2 Å². The molecule has 94 valence electrons. The van der Waals surface area contributed by atoms with E-state index in [4.69, 9.17) is 0 Å². The van der Waals surface area contributed by atoms with Gasteiger partial charge in [-0.05, 0) is 18.7 Å². The lowest BCUT2D eigenvalue weighted by Gasteiger charge is -2.27. The van der Waals surface area contributed by atoms with E-state index in [0.717, 1.165) is 0 Å². The van der Waals surface area contributed by atoms with Crippen molar-refractivity contribution in [3.05, 3.63) is 30.1 Å². The molecule has 1 saturated heterocycles. The molecule has 0 amide bonds. The van der Waals surface area contributed by atoms with Crippen molar-refractivity contribution in [2.45, 2.75) is 18.3 Å². The van der Waals surface area contributed by atoms with Crippen molar-refractivity contribution >= 4 is 0 Å². The predicted octanol–water partition coefficient (Wildman–Crippen LogP) is 1.61. The van der Waals surface area contributed by atoms with Crippen molar-refractivity contribution in [2.75, 3.05) is 13.6 Å². The molecule has 0 bridgehead atoms. The number of aromatic nitrogens is 1. The summed E-state index contributed by atoms with van der Waals surface area (Å²) in [6.07, 6.45) is -2.87. The molecule has 0 radical (unpaired) electrons. The molecule has 6 heteroatoms. The van der Waals surface area contributed by atoms with Crippen molar-refractivity contribution < 1.29 is 18.3 Å². The molecule has 1 aliphatic heterocycles. The minimum atomic E-state index is -4.41. The van der Waals surface area contributed by atoms with E-state index in [1.165, 1.54) is 17.3 Å². The molecular weight excluding hydrogens is 233 g/mol. The lowest BCUT2D eigenvalue weighted by molar-refractivity contribution is -0.198. The van der Waals surface area contributed by atoms with Gasteiger partial charge < -0.3 is 5.11 Å². The Hall–Kier alpha value is -1.14. The fourth-order valence-electron chi connectivity index (χ4n) is 2.42. The maximum atomic E-state index is 12.9. The summed E-state index contributed by atoms with van der Waals surface area (Å²) in [6, 6.07) is 2.34. The highest BCUT2D eigenvalue weighted by Crippen LogP contribution is 2.45. The number of rotatable bonds is 1. The van der Waals surface area contributed by atoms with E-state index in [2.05, 4.69) is 4.98 Å².